The molecule has 0 fully saturated rings. The van der Waals surface area contributed by atoms with Crippen LogP contribution in [0.3, 0.4) is 0 Å². The lowest BCUT2D eigenvalue weighted by Crippen LogP contribution is -2.14. The van der Waals surface area contributed by atoms with E-state index in [0.29, 0.717) is 0 Å². The van der Waals surface area contributed by atoms with Crippen molar-refractivity contribution in [2.45, 2.75) is 105 Å². The molecule has 2 aromatic heterocycles. The van der Waals surface area contributed by atoms with Gasteiger partial charge < -0.3 is 18.6 Å². The molecular formula is C74H70N2O2. The quantitative estimate of drug-likeness (QED) is 0.152. The van der Waals surface area contributed by atoms with Crippen LogP contribution >= 0.6 is 0 Å². The maximum absolute atomic E-state index is 7.31. The van der Waals surface area contributed by atoms with Crippen molar-refractivity contribution in [2.24, 2.45) is 0 Å². The maximum Gasteiger partial charge on any atom is 0.143 e. The first kappa shape index (κ1) is 50.5. The molecule has 4 heteroatoms. The van der Waals surface area contributed by atoms with E-state index in [0.717, 1.165) is 111 Å². The van der Waals surface area contributed by atoms with Gasteiger partial charge in [0, 0.05) is 84.3 Å². The van der Waals surface area contributed by atoms with Gasteiger partial charge >= 0.3 is 0 Å². The van der Waals surface area contributed by atoms with Crippen molar-refractivity contribution in [1.82, 2.24) is 0 Å². The summed E-state index contributed by atoms with van der Waals surface area (Å²) in [6.45, 7) is 27.2. The minimum atomic E-state index is 0.0337. The van der Waals surface area contributed by atoms with Gasteiger partial charge in [-0.25, -0.2) is 0 Å². The smallest absolute Gasteiger partial charge is 0.143 e. The molecule has 12 rings (SSSR count). The van der Waals surface area contributed by atoms with E-state index in [4.69, 9.17) is 8.83 Å². The first-order valence-corrected chi connectivity index (χ1v) is 27.6. The molecule has 12 aromatic rings. The third-order valence-electron chi connectivity index (χ3n) is 15.9. The first-order valence-electron chi connectivity index (χ1n) is 27.6. The molecule has 2 heterocycles. The Balaban J connectivity index is 1.07. The topological polar surface area (TPSA) is 32.8 Å². The van der Waals surface area contributed by atoms with Gasteiger partial charge in [0.1, 0.15) is 22.3 Å². The van der Waals surface area contributed by atoms with Crippen LogP contribution in [-0.4, -0.2) is 0 Å². The predicted octanol–water partition coefficient (Wildman–Crippen LogP) is 22.1. The van der Waals surface area contributed by atoms with Crippen LogP contribution in [0.25, 0.3) is 76.9 Å². The van der Waals surface area contributed by atoms with Gasteiger partial charge in [-0.2, -0.15) is 0 Å². The van der Waals surface area contributed by atoms with Crippen LogP contribution < -0.4 is 9.80 Å². The van der Waals surface area contributed by atoms with E-state index in [1.807, 2.05) is 0 Å². The van der Waals surface area contributed by atoms with Crippen molar-refractivity contribution in [1.29, 1.82) is 0 Å². The average Bonchev–Trinajstić information content (AvgIpc) is 4.11. The summed E-state index contributed by atoms with van der Waals surface area (Å²) in [5.74, 6) is 0. The van der Waals surface area contributed by atoms with E-state index < -0.39 is 0 Å². The third-order valence-corrected chi connectivity index (χ3v) is 15.9. The number of anilines is 6. The minimum absolute atomic E-state index is 0.0337. The number of rotatable bonds is 8. The molecule has 0 amide bonds. The molecular weight excluding hydrogens is 949 g/mol. The van der Waals surface area contributed by atoms with Crippen LogP contribution in [0, 0.1) is 0 Å². The molecule has 78 heavy (non-hydrogen) atoms. The van der Waals surface area contributed by atoms with E-state index in [9.17, 15) is 0 Å². The van der Waals surface area contributed by atoms with Gasteiger partial charge in [0.15, 0.2) is 0 Å². The van der Waals surface area contributed by atoms with Crippen molar-refractivity contribution in [2.75, 3.05) is 9.80 Å². The highest BCUT2D eigenvalue weighted by Crippen LogP contribution is 2.51. The predicted molar refractivity (Wildman–Crippen MR) is 334 cm³/mol. The van der Waals surface area contributed by atoms with Crippen LogP contribution in [-0.2, 0) is 21.7 Å². The minimum Gasteiger partial charge on any atom is -0.455 e. The number of benzene rings is 10. The van der Waals surface area contributed by atoms with Crippen molar-refractivity contribution >= 4 is 88.8 Å². The second-order valence-corrected chi connectivity index (χ2v) is 25.5. The van der Waals surface area contributed by atoms with Gasteiger partial charge in [0.2, 0.25) is 0 Å². The monoisotopic (exact) mass is 1020 g/mol. The van der Waals surface area contributed by atoms with E-state index in [-0.39, 0.29) is 21.7 Å². The van der Waals surface area contributed by atoms with E-state index in [1.54, 1.807) is 0 Å². The largest absolute Gasteiger partial charge is 0.455 e. The van der Waals surface area contributed by atoms with Gasteiger partial charge in [-0.15, -0.1) is 0 Å². The standard InChI is InChI=1S/C74H70N2O2/c1-71(2,3)50-23-31-54(32-24-50)75(55-33-25-51(26-34-55)72(4,5)6)58-39-41-60-62-43-49-44-63-61-42-40-59(76(56-35-27-52(28-36-56)73(7,8)9)57-37-29-53(30-38-57)74(10,11)12)46-65(61)78-70(63)68(48-21-17-14-18-22-48)66(49)67(47-19-15-13-16-20-47)69(62)77-64(60)45-58/h13-46H,1-12H3. The number of furan rings is 2. The number of hydrogen-bond donors (Lipinski definition) is 0. The summed E-state index contributed by atoms with van der Waals surface area (Å²) >= 11 is 0. The molecule has 4 nitrogen and oxygen atoms in total. The lowest BCUT2D eigenvalue weighted by atomic mass is 9.86. The molecule has 0 spiro atoms. The van der Waals surface area contributed by atoms with Crippen molar-refractivity contribution in [3.05, 3.63) is 229 Å². The zero-order chi connectivity index (χ0) is 54.5. The normalized spacial score (nSPS) is 12.6. The molecule has 0 N–H and O–H groups in total. The van der Waals surface area contributed by atoms with Gasteiger partial charge in [0.25, 0.3) is 0 Å². The van der Waals surface area contributed by atoms with Gasteiger partial charge in [-0.3, -0.25) is 0 Å². The molecule has 0 atom stereocenters. The summed E-state index contributed by atoms with van der Waals surface area (Å²) in [4.78, 5) is 4.70. The molecule has 0 saturated carbocycles. The zero-order valence-corrected chi connectivity index (χ0v) is 47.3. The maximum atomic E-state index is 7.31. The highest BCUT2D eigenvalue weighted by molar-refractivity contribution is 6.27. The fourth-order valence-corrected chi connectivity index (χ4v) is 11.4. The summed E-state index contributed by atoms with van der Waals surface area (Å²) < 4.78 is 14.6. The summed E-state index contributed by atoms with van der Waals surface area (Å²) in [7, 11) is 0. The number of hydrogen-bond acceptors (Lipinski definition) is 4. The lowest BCUT2D eigenvalue weighted by Gasteiger charge is -2.28. The zero-order valence-electron chi connectivity index (χ0n) is 47.3. The summed E-state index contributed by atoms with van der Waals surface area (Å²) in [5.41, 5.74) is 19.3. The molecule has 0 aliphatic rings. The molecule has 0 bridgehead atoms. The molecule has 0 aliphatic carbocycles. The molecule has 0 saturated heterocycles. The highest BCUT2D eigenvalue weighted by atomic mass is 16.3. The fraction of sp³-hybridized carbons (Fsp3) is 0.216. The molecule has 0 radical (unpaired) electrons. The Morgan fingerprint density at radius 2 is 0.564 bits per heavy atom. The third kappa shape index (κ3) is 9.11. The molecule has 10 aromatic carbocycles. The van der Waals surface area contributed by atoms with Gasteiger partial charge in [-0.05, 0) is 145 Å². The Kier molecular flexibility index (Phi) is 12.1. The summed E-state index contributed by atoms with van der Waals surface area (Å²) in [5, 5.41) is 6.46. The van der Waals surface area contributed by atoms with Crippen molar-refractivity contribution in [3.63, 3.8) is 0 Å². The Bertz CT molecular complexity index is 3790. The lowest BCUT2D eigenvalue weighted by molar-refractivity contribution is 0.590. The Morgan fingerprint density at radius 3 is 0.846 bits per heavy atom. The van der Waals surface area contributed by atoms with Gasteiger partial charge in [-0.1, -0.05) is 192 Å². The number of nitrogens with zero attached hydrogens (tertiary/aromatic N) is 2. The fourth-order valence-electron chi connectivity index (χ4n) is 11.4. The van der Waals surface area contributed by atoms with E-state index in [1.165, 1.54) is 22.3 Å². The van der Waals surface area contributed by atoms with E-state index >= 15 is 0 Å². The average molecular weight is 1020 g/mol. The van der Waals surface area contributed by atoms with Crippen LogP contribution in [0.2, 0.25) is 0 Å². The van der Waals surface area contributed by atoms with Crippen LogP contribution in [0.5, 0.6) is 0 Å². The SMILES string of the molecule is CC(C)(C)c1ccc(N(c2ccc(C(C)(C)C)cc2)c2ccc3c(c2)oc2c(-c4ccccc4)c4c(-c5ccccc5)c5oc6cc(N(c7ccc(C(C)(C)C)cc7)c7ccc(C(C)(C)C)cc7)ccc6c5cc4cc23)cc1. The van der Waals surface area contributed by atoms with Gasteiger partial charge in [0.05, 0.1) is 0 Å². The second kappa shape index (κ2) is 18.7. The number of fused-ring (bicyclic) bond motifs is 7. The molecule has 0 unspecified atom stereocenters. The summed E-state index contributed by atoms with van der Waals surface area (Å²) in [6, 6.07) is 75.7. The molecule has 0 aliphatic heterocycles. The Hall–Kier alpha value is -8.34. The summed E-state index contributed by atoms with van der Waals surface area (Å²) in [6.07, 6.45) is 0. The van der Waals surface area contributed by atoms with Crippen LogP contribution in [0.1, 0.15) is 105 Å². The highest BCUT2D eigenvalue weighted by Gasteiger charge is 2.27. The van der Waals surface area contributed by atoms with Crippen LogP contribution in [0.15, 0.2) is 215 Å². The second-order valence-electron chi connectivity index (χ2n) is 25.5. The Labute approximate surface area is 460 Å². The van der Waals surface area contributed by atoms with Crippen LogP contribution in [0.4, 0.5) is 34.1 Å². The Morgan fingerprint density at radius 1 is 0.282 bits per heavy atom. The first-order chi connectivity index (χ1) is 37.2. The van der Waals surface area contributed by atoms with Crippen molar-refractivity contribution < 1.29 is 8.83 Å². The van der Waals surface area contributed by atoms with Crippen molar-refractivity contribution in [3.8, 4) is 22.3 Å². The van der Waals surface area contributed by atoms with E-state index in [2.05, 4.69) is 299 Å². The molecule has 388 valence electrons.